The van der Waals surface area contributed by atoms with E-state index in [4.69, 9.17) is 15.0 Å². The molecule has 1 aromatic rings. The second-order valence-corrected chi connectivity index (χ2v) is 3.67. The third kappa shape index (κ3) is 4.83. The fourth-order valence-corrected chi connectivity index (χ4v) is 1.28. The predicted octanol–water partition coefficient (Wildman–Crippen LogP) is -0.0732. The van der Waals surface area contributed by atoms with E-state index in [0.717, 1.165) is 5.76 Å². The van der Waals surface area contributed by atoms with Gasteiger partial charge in [0.05, 0.1) is 12.8 Å². The summed E-state index contributed by atoms with van der Waals surface area (Å²) >= 11 is 0. The highest BCUT2D eigenvalue weighted by atomic mass is 16.5. The fourth-order valence-electron chi connectivity index (χ4n) is 1.28. The second-order valence-electron chi connectivity index (χ2n) is 3.67. The van der Waals surface area contributed by atoms with Gasteiger partial charge in [-0.05, 0) is 13.8 Å². The number of nitrogens with one attached hydrogen (secondary N) is 2. The lowest BCUT2D eigenvalue weighted by molar-refractivity contribution is 0.179. The number of rotatable bonds is 5. The third-order valence-corrected chi connectivity index (χ3v) is 1.98. The van der Waals surface area contributed by atoms with Crippen molar-refractivity contribution in [1.82, 2.24) is 15.7 Å². The van der Waals surface area contributed by atoms with Gasteiger partial charge in [-0.25, -0.2) is 15.8 Å². The van der Waals surface area contributed by atoms with Gasteiger partial charge in [-0.3, -0.25) is 5.43 Å². The molecular weight excluding hydrogens is 222 g/mol. The van der Waals surface area contributed by atoms with Crippen LogP contribution in [0.3, 0.4) is 0 Å². The van der Waals surface area contributed by atoms with E-state index >= 15 is 0 Å². The fraction of sp³-hybridized carbons (Fsp3) is 0.600. The molecular formula is C10H19N5O2. The van der Waals surface area contributed by atoms with Crippen LogP contribution in [0.4, 0.5) is 0 Å². The van der Waals surface area contributed by atoms with Gasteiger partial charge in [0.1, 0.15) is 12.3 Å². The summed E-state index contributed by atoms with van der Waals surface area (Å²) in [6, 6.07) is 0.112. The molecule has 17 heavy (non-hydrogen) atoms. The van der Waals surface area contributed by atoms with Gasteiger partial charge in [-0.1, -0.05) is 0 Å². The van der Waals surface area contributed by atoms with Gasteiger partial charge in [0.25, 0.3) is 0 Å². The van der Waals surface area contributed by atoms with Gasteiger partial charge < -0.3 is 14.5 Å². The zero-order valence-electron chi connectivity index (χ0n) is 10.4. The molecule has 96 valence electrons. The molecule has 1 rings (SSSR count). The minimum atomic E-state index is 0.112. The van der Waals surface area contributed by atoms with Crippen LogP contribution in [0.5, 0.6) is 0 Å². The van der Waals surface area contributed by atoms with Gasteiger partial charge in [0, 0.05) is 13.2 Å². The Balaban J connectivity index is 2.49. The van der Waals surface area contributed by atoms with Crippen molar-refractivity contribution in [2.75, 3.05) is 13.7 Å². The molecule has 1 heterocycles. The molecule has 0 spiro atoms. The molecule has 0 aliphatic carbocycles. The van der Waals surface area contributed by atoms with Crippen molar-refractivity contribution in [2.24, 2.45) is 10.8 Å². The molecule has 0 radical (unpaired) electrons. The topological polar surface area (TPSA) is 97.7 Å². The molecule has 0 aromatic carbocycles. The number of hydrogen-bond acceptors (Lipinski definition) is 5. The lowest BCUT2D eigenvalue weighted by atomic mass is 10.4. The van der Waals surface area contributed by atoms with Crippen LogP contribution in [0.1, 0.15) is 18.6 Å². The van der Waals surface area contributed by atoms with Gasteiger partial charge in [-0.15, -0.1) is 0 Å². The number of guanidine groups is 1. The van der Waals surface area contributed by atoms with Crippen molar-refractivity contribution in [3.8, 4) is 0 Å². The van der Waals surface area contributed by atoms with E-state index in [1.54, 1.807) is 13.3 Å². The minimum absolute atomic E-state index is 0.112. The number of aliphatic imine (C=N–C) groups is 1. The van der Waals surface area contributed by atoms with Crippen LogP contribution in [0.2, 0.25) is 0 Å². The SMILES string of the molecule is COCC(C)NC(=NCc1ncc(C)o1)NN. The molecule has 1 aromatic heterocycles. The van der Waals surface area contributed by atoms with Gasteiger partial charge in [0.15, 0.2) is 0 Å². The Morgan fingerprint density at radius 1 is 1.71 bits per heavy atom. The maximum absolute atomic E-state index is 5.35. The zero-order valence-corrected chi connectivity index (χ0v) is 10.4. The summed E-state index contributed by atoms with van der Waals surface area (Å²) in [5.41, 5.74) is 2.48. The van der Waals surface area contributed by atoms with E-state index in [9.17, 15) is 0 Å². The largest absolute Gasteiger partial charge is 0.444 e. The van der Waals surface area contributed by atoms with Gasteiger partial charge >= 0.3 is 0 Å². The summed E-state index contributed by atoms with van der Waals surface area (Å²) in [7, 11) is 1.64. The highest BCUT2D eigenvalue weighted by Crippen LogP contribution is 2.02. The van der Waals surface area contributed by atoms with E-state index in [-0.39, 0.29) is 6.04 Å². The molecule has 1 unspecified atom stereocenters. The normalized spacial score (nSPS) is 13.5. The maximum atomic E-state index is 5.35. The number of nitrogens with two attached hydrogens (primary N) is 1. The summed E-state index contributed by atoms with van der Waals surface area (Å²) in [5.74, 6) is 7.14. The number of ether oxygens (including phenoxy) is 1. The monoisotopic (exact) mass is 241 g/mol. The predicted molar refractivity (Wildman–Crippen MR) is 64.2 cm³/mol. The molecule has 0 amide bonds. The molecule has 0 aliphatic rings. The average Bonchev–Trinajstić information content (AvgIpc) is 2.70. The Kier molecular flexibility index (Phi) is 5.44. The Morgan fingerprint density at radius 3 is 3.00 bits per heavy atom. The number of hydrogen-bond donors (Lipinski definition) is 3. The number of hydrazine groups is 1. The molecule has 1 atom stereocenters. The van der Waals surface area contributed by atoms with Crippen LogP contribution in [0, 0.1) is 6.92 Å². The van der Waals surface area contributed by atoms with E-state index in [1.165, 1.54) is 0 Å². The summed E-state index contributed by atoms with van der Waals surface area (Å²) in [4.78, 5) is 8.25. The van der Waals surface area contributed by atoms with Crippen LogP contribution >= 0.6 is 0 Å². The number of aryl methyl sites for hydroxylation is 1. The van der Waals surface area contributed by atoms with Crippen LogP contribution in [-0.4, -0.2) is 30.7 Å². The first kappa shape index (κ1) is 13.5. The summed E-state index contributed by atoms with van der Waals surface area (Å²) in [6.45, 7) is 4.70. The third-order valence-electron chi connectivity index (χ3n) is 1.98. The standard InChI is InChI=1S/C10H19N5O2/c1-7(6-16-3)14-10(15-11)13-5-9-12-4-8(2)17-9/h4,7H,5-6,11H2,1-3H3,(H2,13,14,15). The first-order valence-electron chi connectivity index (χ1n) is 5.33. The Bertz CT molecular complexity index is 363. The van der Waals surface area contributed by atoms with Crippen LogP contribution in [0.15, 0.2) is 15.6 Å². The lowest BCUT2D eigenvalue weighted by Crippen LogP contribution is -2.46. The first-order valence-corrected chi connectivity index (χ1v) is 5.33. The maximum Gasteiger partial charge on any atom is 0.216 e. The van der Waals surface area contributed by atoms with Crippen molar-refractivity contribution in [3.63, 3.8) is 0 Å². The highest BCUT2D eigenvalue weighted by Gasteiger charge is 2.05. The molecule has 4 N–H and O–H groups in total. The van der Waals surface area contributed by atoms with Crippen LogP contribution in [0.25, 0.3) is 0 Å². The quantitative estimate of drug-likeness (QED) is 0.289. The summed E-state index contributed by atoms with van der Waals surface area (Å²) < 4.78 is 10.3. The Labute approximate surface area is 100 Å². The molecule has 7 nitrogen and oxygen atoms in total. The highest BCUT2D eigenvalue weighted by molar-refractivity contribution is 5.79. The molecule has 0 saturated heterocycles. The lowest BCUT2D eigenvalue weighted by Gasteiger charge is -2.15. The average molecular weight is 241 g/mol. The number of nitrogens with zero attached hydrogens (tertiary/aromatic N) is 2. The van der Waals surface area contributed by atoms with Crippen molar-refractivity contribution in [3.05, 3.63) is 17.8 Å². The molecule has 0 aliphatic heterocycles. The Morgan fingerprint density at radius 2 is 2.47 bits per heavy atom. The summed E-state index contributed by atoms with van der Waals surface area (Å²) in [5, 5.41) is 3.06. The zero-order chi connectivity index (χ0) is 12.7. The minimum Gasteiger partial charge on any atom is -0.444 e. The van der Waals surface area contributed by atoms with E-state index < -0.39 is 0 Å². The van der Waals surface area contributed by atoms with Gasteiger partial charge in [-0.2, -0.15) is 0 Å². The van der Waals surface area contributed by atoms with Crippen molar-refractivity contribution in [1.29, 1.82) is 0 Å². The van der Waals surface area contributed by atoms with Crippen molar-refractivity contribution < 1.29 is 9.15 Å². The second kappa shape index (κ2) is 6.87. The van der Waals surface area contributed by atoms with E-state index in [1.807, 2.05) is 13.8 Å². The van der Waals surface area contributed by atoms with Gasteiger partial charge in [0.2, 0.25) is 11.9 Å². The molecule has 0 bridgehead atoms. The van der Waals surface area contributed by atoms with E-state index in [0.29, 0.717) is 25.0 Å². The molecule has 7 heteroatoms. The van der Waals surface area contributed by atoms with Crippen LogP contribution in [-0.2, 0) is 11.3 Å². The number of oxazole rings is 1. The molecule has 0 saturated carbocycles. The van der Waals surface area contributed by atoms with Crippen LogP contribution < -0.4 is 16.6 Å². The smallest absolute Gasteiger partial charge is 0.216 e. The Hall–Kier alpha value is -1.60. The van der Waals surface area contributed by atoms with E-state index in [2.05, 4.69) is 20.7 Å². The summed E-state index contributed by atoms with van der Waals surface area (Å²) in [6.07, 6.45) is 1.65. The number of methoxy groups -OCH3 is 1. The first-order chi connectivity index (χ1) is 8.15. The van der Waals surface area contributed by atoms with Crippen molar-refractivity contribution in [2.45, 2.75) is 26.4 Å². The van der Waals surface area contributed by atoms with Crippen molar-refractivity contribution >= 4 is 5.96 Å². The molecule has 0 fully saturated rings. The number of aromatic nitrogens is 1.